The van der Waals surface area contributed by atoms with Gasteiger partial charge in [-0.05, 0) is 69.4 Å². The zero-order valence-corrected chi connectivity index (χ0v) is 19.0. The second kappa shape index (κ2) is 7.70. The van der Waals surface area contributed by atoms with Crippen LogP contribution in [0.5, 0.6) is 0 Å². The van der Waals surface area contributed by atoms with Crippen LogP contribution in [-0.4, -0.2) is 35.2 Å². The van der Waals surface area contributed by atoms with E-state index < -0.39 is 0 Å². The minimum absolute atomic E-state index is 0.577. The lowest BCUT2D eigenvalue weighted by molar-refractivity contribution is 0.881. The smallest absolute Gasteiger partial charge is 0.205 e. The molecule has 0 amide bonds. The number of aromatic nitrogens is 7. The first-order valence-corrected chi connectivity index (χ1v) is 10.9. The third-order valence-electron chi connectivity index (χ3n) is 5.62. The number of tetrazole rings is 1. The Morgan fingerprint density at radius 2 is 1.68 bits per heavy atom. The van der Waals surface area contributed by atoms with E-state index >= 15 is 0 Å². The Morgan fingerprint density at radius 3 is 2.35 bits per heavy atom. The molecule has 31 heavy (non-hydrogen) atoms. The molecule has 3 aromatic heterocycles. The van der Waals surface area contributed by atoms with Gasteiger partial charge in [0.25, 0.3) is 0 Å². The lowest BCUT2D eigenvalue weighted by atomic mass is 9.99. The van der Waals surface area contributed by atoms with E-state index in [1.54, 1.807) is 0 Å². The summed E-state index contributed by atoms with van der Waals surface area (Å²) in [6, 6.07) is 16.5. The number of nitrogens with one attached hydrogen (secondary N) is 1. The Balaban J connectivity index is 1.64. The number of hydrogen-bond acceptors (Lipinski definition) is 5. The van der Waals surface area contributed by atoms with Crippen LogP contribution in [0.4, 0.5) is 0 Å². The van der Waals surface area contributed by atoms with E-state index in [-0.39, 0.29) is 0 Å². The van der Waals surface area contributed by atoms with Crippen LogP contribution in [0, 0.1) is 13.8 Å². The topological polar surface area (TPSA) is 85.2 Å². The van der Waals surface area contributed by atoms with Crippen molar-refractivity contribution in [1.29, 1.82) is 0 Å². The maximum absolute atomic E-state index is 4.89. The van der Waals surface area contributed by atoms with Crippen LogP contribution in [0.25, 0.3) is 39.4 Å². The summed E-state index contributed by atoms with van der Waals surface area (Å²) in [5.74, 6) is 1.57. The van der Waals surface area contributed by atoms with Crippen molar-refractivity contribution in [2.75, 3.05) is 0 Å². The van der Waals surface area contributed by atoms with E-state index in [0.717, 1.165) is 61.5 Å². The van der Waals surface area contributed by atoms with Crippen molar-refractivity contribution in [2.24, 2.45) is 0 Å². The van der Waals surface area contributed by atoms with Crippen LogP contribution in [0.1, 0.15) is 23.9 Å². The zero-order valence-electron chi connectivity index (χ0n) is 17.4. The maximum Gasteiger partial charge on any atom is 0.205 e. The molecule has 5 rings (SSSR count). The van der Waals surface area contributed by atoms with E-state index in [1.165, 1.54) is 0 Å². The molecule has 0 saturated heterocycles. The van der Waals surface area contributed by atoms with Gasteiger partial charge in [-0.3, -0.25) is 4.57 Å². The first kappa shape index (κ1) is 19.6. The summed E-state index contributed by atoms with van der Waals surface area (Å²) in [4.78, 5) is 9.69. The van der Waals surface area contributed by atoms with Crippen LogP contribution in [-0.2, 0) is 6.42 Å². The number of aromatic amines is 1. The van der Waals surface area contributed by atoms with Crippen LogP contribution < -0.4 is 0 Å². The number of imidazole rings is 1. The number of rotatable bonds is 4. The van der Waals surface area contributed by atoms with Crippen molar-refractivity contribution in [3.05, 3.63) is 70.1 Å². The van der Waals surface area contributed by atoms with Gasteiger partial charge in [-0.2, -0.15) is 5.21 Å². The van der Waals surface area contributed by atoms with E-state index in [2.05, 4.69) is 92.2 Å². The predicted octanol–water partition coefficient (Wildman–Crippen LogP) is 5.21. The summed E-state index contributed by atoms with van der Waals surface area (Å²) in [6.07, 6.45) is 0.814. The fourth-order valence-electron chi connectivity index (χ4n) is 3.83. The monoisotopic (exact) mass is 473 g/mol. The van der Waals surface area contributed by atoms with E-state index in [9.17, 15) is 0 Å². The number of nitrogens with zero attached hydrogens (tertiary/aromatic N) is 6. The molecule has 0 atom stereocenters. The van der Waals surface area contributed by atoms with Crippen molar-refractivity contribution >= 4 is 27.1 Å². The minimum Gasteiger partial charge on any atom is -0.281 e. The van der Waals surface area contributed by atoms with Gasteiger partial charge in [-0.25, -0.2) is 9.97 Å². The molecule has 7 nitrogen and oxygen atoms in total. The average molecular weight is 474 g/mol. The van der Waals surface area contributed by atoms with E-state index in [0.29, 0.717) is 5.82 Å². The molecule has 0 spiro atoms. The Hall–Kier alpha value is -3.39. The molecule has 0 aliphatic heterocycles. The fraction of sp³-hybridized carbons (Fsp3) is 0.174. The molecule has 8 heteroatoms. The highest BCUT2D eigenvalue weighted by molar-refractivity contribution is 9.10. The third kappa shape index (κ3) is 3.23. The van der Waals surface area contributed by atoms with Gasteiger partial charge in [0.05, 0.1) is 0 Å². The highest BCUT2D eigenvalue weighted by Gasteiger charge is 2.18. The van der Waals surface area contributed by atoms with Crippen LogP contribution in [0.2, 0.25) is 0 Å². The SMILES string of the molecule is CCc1nc2c(C)c(C)c(Br)nc2n1-c1ccc(-c2ccccc2-c2nn[nH]n2)cc1. The van der Waals surface area contributed by atoms with Crippen molar-refractivity contribution in [3.63, 3.8) is 0 Å². The predicted molar refractivity (Wildman–Crippen MR) is 124 cm³/mol. The van der Waals surface area contributed by atoms with Gasteiger partial charge in [0, 0.05) is 17.7 Å². The lowest BCUT2D eigenvalue weighted by Gasteiger charge is -2.11. The number of halogens is 1. The van der Waals surface area contributed by atoms with E-state index in [1.807, 2.05) is 18.2 Å². The number of aryl methyl sites for hydroxylation is 2. The standard InChI is InChI=1S/C23H20BrN7/c1-4-19-25-20-13(2)14(3)21(24)26-23(20)31(19)16-11-9-15(10-12-16)17-7-5-6-8-18(17)22-27-29-30-28-22/h5-12H,4H2,1-3H3,(H,27,28,29,30). The number of fused-ring (bicyclic) bond motifs is 1. The Morgan fingerprint density at radius 1 is 0.935 bits per heavy atom. The van der Waals surface area contributed by atoms with Gasteiger partial charge in [0.15, 0.2) is 5.65 Å². The van der Waals surface area contributed by atoms with Gasteiger partial charge in [-0.1, -0.05) is 43.3 Å². The quantitative estimate of drug-likeness (QED) is 0.362. The van der Waals surface area contributed by atoms with Crippen molar-refractivity contribution < 1.29 is 0 Å². The Labute approximate surface area is 187 Å². The van der Waals surface area contributed by atoms with Gasteiger partial charge in [0.1, 0.15) is 15.9 Å². The zero-order chi connectivity index (χ0) is 21.5. The molecule has 3 heterocycles. The molecule has 5 aromatic rings. The molecule has 0 aliphatic carbocycles. The lowest BCUT2D eigenvalue weighted by Crippen LogP contribution is -2.01. The second-order valence-corrected chi connectivity index (χ2v) is 8.12. The fourth-order valence-corrected chi connectivity index (χ4v) is 4.29. The first-order valence-electron chi connectivity index (χ1n) is 10.1. The van der Waals surface area contributed by atoms with Gasteiger partial charge >= 0.3 is 0 Å². The molecule has 1 N–H and O–H groups in total. The summed E-state index contributed by atoms with van der Waals surface area (Å²) in [5, 5.41) is 14.5. The molecule has 0 unspecified atom stereocenters. The first-order chi connectivity index (χ1) is 15.1. The second-order valence-electron chi connectivity index (χ2n) is 7.37. The summed E-state index contributed by atoms with van der Waals surface area (Å²) in [5.41, 5.74) is 8.17. The number of benzene rings is 2. The van der Waals surface area contributed by atoms with Crippen molar-refractivity contribution in [3.8, 4) is 28.2 Å². The van der Waals surface area contributed by atoms with Gasteiger partial charge < -0.3 is 0 Å². The van der Waals surface area contributed by atoms with E-state index in [4.69, 9.17) is 9.97 Å². The van der Waals surface area contributed by atoms with Gasteiger partial charge in [-0.15, -0.1) is 10.2 Å². The summed E-state index contributed by atoms with van der Waals surface area (Å²) in [6.45, 7) is 6.27. The van der Waals surface area contributed by atoms with Crippen LogP contribution in [0.3, 0.4) is 0 Å². The highest BCUT2D eigenvalue weighted by Crippen LogP contribution is 2.32. The average Bonchev–Trinajstić information content (AvgIpc) is 3.46. The molecule has 0 fully saturated rings. The number of hydrogen-bond donors (Lipinski definition) is 1. The molecule has 0 aliphatic rings. The highest BCUT2D eigenvalue weighted by atomic mass is 79.9. The number of pyridine rings is 1. The van der Waals surface area contributed by atoms with Crippen molar-refractivity contribution in [2.45, 2.75) is 27.2 Å². The third-order valence-corrected chi connectivity index (χ3v) is 6.39. The molecular weight excluding hydrogens is 454 g/mol. The largest absolute Gasteiger partial charge is 0.281 e. The molecule has 0 radical (unpaired) electrons. The number of H-pyrrole nitrogens is 1. The Bertz CT molecular complexity index is 1390. The molecular formula is C23H20BrN7. The molecule has 154 valence electrons. The molecule has 2 aromatic carbocycles. The van der Waals surface area contributed by atoms with Crippen LogP contribution in [0.15, 0.2) is 53.1 Å². The summed E-state index contributed by atoms with van der Waals surface area (Å²) in [7, 11) is 0. The summed E-state index contributed by atoms with van der Waals surface area (Å²) < 4.78 is 2.99. The normalized spacial score (nSPS) is 11.4. The minimum atomic E-state index is 0.577. The van der Waals surface area contributed by atoms with Gasteiger partial charge in [0.2, 0.25) is 5.82 Å². The van der Waals surface area contributed by atoms with Crippen LogP contribution >= 0.6 is 15.9 Å². The van der Waals surface area contributed by atoms with Crippen molar-refractivity contribution in [1.82, 2.24) is 35.2 Å². The maximum atomic E-state index is 4.89. The molecule has 0 bridgehead atoms. The molecule has 0 saturated carbocycles. The Kier molecular flexibility index (Phi) is 4.86. The summed E-state index contributed by atoms with van der Waals surface area (Å²) >= 11 is 3.60.